The fraction of sp³-hybridized carbons (Fsp3) is 0.588. The van der Waals surface area contributed by atoms with Crippen molar-refractivity contribution < 1.29 is 9.53 Å². The summed E-state index contributed by atoms with van der Waals surface area (Å²) < 4.78 is 5.55. The van der Waals surface area contributed by atoms with Gasteiger partial charge in [0.25, 0.3) is 0 Å². The number of halogens is 1. The Balaban J connectivity index is 0.00000161. The summed E-state index contributed by atoms with van der Waals surface area (Å²) in [6.45, 7) is 3.04. The predicted octanol–water partition coefficient (Wildman–Crippen LogP) is 3.53. The van der Waals surface area contributed by atoms with Crippen molar-refractivity contribution in [2.24, 2.45) is 5.92 Å². The van der Waals surface area contributed by atoms with E-state index < -0.39 is 0 Å². The number of nitrogens with zero attached hydrogens (tertiary/aromatic N) is 1. The molecule has 0 N–H and O–H groups in total. The number of hydrogen-bond donors (Lipinski definition) is 0. The lowest BCUT2D eigenvalue weighted by molar-refractivity contribution is 0.00739. The highest BCUT2D eigenvalue weighted by molar-refractivity contribution is 5.89. The van der Waals surface area contributed by atoms with E-state index in [2.05, 4.69) is 4.90 Å². The van der Waals surface area contributed by atoms with Gasteiger partial charge in [0.15, 0.2) is 0 Å². The number of esters is 1. The average Bonchev–Trinajstić information content (AvgIpc) is 2.53. The van der Waals surface area contributed by atoms with Crippen molar-refractivity contribution >= 4 is 18.4 Å². The monoisotopic (exact) mass is 309 g/mol. The van der Waals surface area contributed by atoms with Crippen LogP contribution in [-0.2, 0) is 4.74 Å². The maximum absolute atomic E-state index is 12.0. The summed E-state index contributed by atoms with van der Waals surface area (Å²) in [4.78, 5) is 14.6. The molecule has 116 valence electrons. The third-order valence-electron chi connectivity index (χ3n) is 4.67. The summed E-state index contributed by atoms with van der Waals surface area (Å²) >= 11 is 0. The van der Waals surface area contributed by atoms with Crippen LogP contribution in [0.1, 0.15) is 42.5 Å². The first-order valence-electron chi connectivity index (χ1n) is 7.81. The van der Waals surface area contributed by atoms with Gasteiger partial charge in [-0.25, -0.2) is 4.79 Å². The van der Waals surface area contributed by atoms with Crippen molar-refractivity contribution in [2.75, 3.05) is 19.7 Å². The Bertz CT molecular complexity index is 449. The maximum atomic E-state index is 12.0. The molecule has 3 rings (SSSR count). The zero-order valence-corrected chi connectivity index (χ0v) is 13.2. The van der Waals surface area contributed by atoms with Crippen LogP contribution in [0.3, 0.4) is 0 Å². The van der Waals surface area contributed by atoms with Crippen LogP contribution in [0.2, 0.25) is 0 Å². The zero-order chi connectivity index (χ0) is 13.8. The van der Waals surface area contributed by atoms with Crippen LogP contribution in [-0.4, -0.2) is 36.6 Å². The molecule has 2 aliphatic rings. The van der Waals surface area contributed by atoms with Gasteiger partial charge in [0.1, 0.15) is 0 Å². The molecule has 21 heavy (non-hydrogen) atoms. The topological polar surface area (TPSA) is 29.5 Å². The molecule has 1 aromatic carbocycles. The summed E-state index contributed by atoms with van der Waals surface area (Å²) in [5.74, 6) is 0.343. The third-order valence-corrected chi connectivity index (χ3v) is 4.67. The molecule has 4 heteroatoms. The van der Waals surface area contributed by atoms with Gasteiger partial charge in [-0.3, -0.25) is 4.90 Å². The second kappa shape index (κ2) is 7.81. The number of rotatable bonds is 3. The normalized spacial score (nSPS) is 25.5. The van der Waals surface area contributed by atoms with Gasteiger partial charge in [-0.05, 0) is 50.9 Å². The van der Waals surface area contributed by atoms with Crippen LogP contribution >= 0.6 is 12.4 Å². The van der Waals surface area contributed by atoms with Gasteiger partial charge in [-0.1, -0.05) is 24.6 Å². The molecule has 0 aromatic heterocycles. The molecular formula is C17H24ClNO2. The summed E-state index contributed by atoms with van der Waals surface area (Å²) in [7, 11) is 0. The molecule has 2 atom stereocenters. The number of piperidine rings is 2. The van der Waals surface area contributed by atoms with E-state index in [-0.39, 0.29) is 18.4 Å². The van der Waals surface area contributed by atoms with Crippen LogP contribution in [0.25, 0.3) is 0 Å². The SMILES string of the molecule is Cl.O=C(OCC1CCCN2CCCCC12)c1ccccc1. The van der Waals surface area contributed by atoms with Crippen molar-refractivity contribution in [2.45, 2.75) is 38.1 Å². The second-order valence-corrected chi connectivity index (χ2v) is 5.97. The number of carbonyl (C=O) groups excluding carboxylic acids is 1. The minimum atomic E-state index is -0.182. The van der Waals surface area contributed by atoms with Crippen molar-refractivity contribution in [3.05, 3.63) is 35.9 Å². The molecule has 0 spiro atoms. The molecule has 0 saturated carbocycles. The Morgan fingerprint density at radius 3 is 2.67 bits per heavy atom. The number of hydrogen-bond acceptors (Lipinski definition) is 3. The van der Waals surface area contributed by atoms with E-state index in [9.17, 15) is 4.79 Å². The zero-order valence-electron chi connectivity index (χ0n) is 12.4. The lowest BCUT2D eigenvalue weighted by Gasteiger charge is -2.44. The molecule has 0 radical (unpaired) electrons. The van der Waals surface area contributed by atoms with Crippen molar-refractivity contribution in [3.8, 4) is 0 Å². The highest BCUT2D eigenvalue weighted by Gasteiger charge is 2.33. The van der Waals surface area contributed by atoms with E-state index in [1.54, 1.807) is 0 Å². The van der Waals surface area contributed by atoms with Crippen LogP contribution in [0.15, 0.2) is 30.3 Å². The summed E-state index contributed by atoms with van der Waals surface area (Å²) in [5.41, 5.74) is 0.656. The molecule has 3 nitrogen and oxygen atoms in total. The maximum Gasteiger partial charge on any atom is 0.338 e. The van der Waals surface area contributed by atoms with Gasteiger partial charge in [0, 0.05) is 12.0 Å². The van der Waals surface area contributed by atoms with E-state index >= 15 is 0 Å². The molecule has 2 aliphatic heterocycles. The average molecular weight is 310 g/mol. The summed E-state index contributed by atoms with van der Waals surface area (Å²) in [6.07, 6.45) is 6.36. The molecule has 1 aromatic rings. The third kappa shape index (κ3) is 3.98. The number of benzene rings is 1. The number of carbonyl (C=O) groups is 1. The van der Waals surface area contributed by atoms with Gasteiger partial charge in [-0.15, -0.1) is 12.4 Å². The standard InChI is InChI=1S/C17H23NO2.ClH/c19-17(14-7-2-1-3-8-14)20-13-15-9-6-12-18-11-5-4-10-16(15)18;/h1-3,7-8,15-16H,4-6,9-13H2;1H. The molecule has 0 bridgehead atoms. The first kappa shape index (κ1) is 16.3. The first-order chi connectivity index (χ1) is 9.84. The molecular weight excluding hydrogens is 286 g/mol. The molecule has 2 unspecified atom stereocenters. The highest BCUT2D eigenvalue weighted by Crippen LogP contribution is 2.31. The highest BCUT2D eigenvalue weighted by atomic mass is 35.5. The van der Waals surface area contributed by atoms with E-state index in [0.29, 0.717) is 24.1 Å². The largest absolute Gasteiger partial charge is 0.462 e. The molecule has 2 fully saturated rings. The number of ether oxygens (including phenoxy) is 1. The Labute approximate surface area is 133 Å². The van der Waals surface area contributed by atoms with Gasteiger partial charge in [0.2, 0.25) is 0 Å². The van der Waals surface area contributed by atoms with Gasteiger partial charge in [0.05, 0.1) is 12.2 Å². The fourth-order valence-corrected chi connectivity index (χ4v) is 3.61. The summed E-state index contributed by atoms with van der Waals surface area (Å²) in [6, 6.07) is 9.94. The van der Waals surface area contributed by atoms with Crippen LogP contribution in [0.4, 0.5) is 0 Å². The van der Waals surface area contributed by atoms with E-state index in [1.165, 1.54) is 45.2 Å². The minimum Gasteiger partial charge on any atom is -0.462 e. The van der Waals surface area contributed by atoms with Crippen molar-refractivity contribution in [3.63, 3.8) is 0 Å². The number of fused-ring (bicyclic) bond motifs is 1. The van der Waals surface area contributed by atoms with Gasteiger partial charge >= 0.3 is 5.97 Å². The van der Waals surface area contributed by atoms with Gasteiger partial charge < -0.3 is 4.74 Å². The molecule has 2 saturated heterocycles. The Hall–Kier alpha value is -1.06. The Morgan fingerprint density at radius 1 is 1.10 bits per heavy atom. The van der Waals surface area contributed by atoms with Crippen molar-refractivity contribution in [1.82, 2.24) is 4.90 Å². The predicted molar refractivity (Wildman–Crippen MR) is 85.9 cm³/mol. The van der Waals surface area contributed by atoms with Gasteiger partial charge in [-0.2, -0.15) is 0 Å². The smallest absolute Gasteiger partial charge is 0.338 e. The quantitative estimate of drug-likeness (QED) is 0.800. The Kier molecular flexibility index (Phi) is 6.07. The van der Waals surface area contributed by atoms with E-state index in [4.69, 9.17) is 4.74 Å². The molecule has 0 aliphatic carbocycles. The van der Waals surface area contributed by atoms with Crippen LogP contribution in [0, 0.1) is 5.92 Å². The summed E-state index contributed by atoms with van der Waals surface area (Å²) in [5, 5.41) is 0. The van der Waals surface area contributed by atoms with E-state index in [0.717, 1.165) is 0 Å². The molecule has 0 amide bonds. The lowest BCUT2D eigenvalue weighted by Crippen LogP contribution is -2.49. The first-order valence-corrected chi connectivity index (χ1v) is 7.81. The second-order valence-electron chi connectivity index (χ2n) is 5.97. The van der Waals surface area contributed by atoms with Crippen LogP contribution in [0.5, 0.6) is 0 Å². The van der Waals surface area contributed by atoms with Crippen molar-refractivity contribution in [1.29, 1.82) is 0 Å². The minimum absolute atomic E-state index is 0. The lowest BCUT2D eigenvalue weighted by atomic mass is 9.84. The van der Waals surface area contributed by atoms with Crippen LogP contribution < -0.4 is 0 Å². The fourth-order valence-electron chi connectivity index (χ4n) is 3.61. The Morgan fingerprint density at radius 2 is 1.86 bits per heavy atom. The molecule has 2 heterocycles. The van der Waals surface area contributed by atoms with E-state index in [1.807, 2.05) is 30.3 Å².